The predicted molar refractivity (Wildman–Crippen MR) is 83.2 cm³/mol. The number of thioether (sulfide) groups is 1. The first-order valence-corrected chi connectivity index (χ1v) is 7.43. The van der Waals surface area contributed by atoms with Gasteiger partial charge in [0, 0.05) is 11.3 Å². The Morgan fingerprint density at radius 1 is 1.33 bits per heavy atom. The first-order chi connectivity index (χ1) is 9.99. The lowest BCUT2D eigenvalue weighted by Gasteiger charge is -2.25. The van der Waals surface area contributed by atoms with Crippen molar-refractivity contribution in [2.75, 3.05) is 5.75 Å². The van der Waals surface area contributed by atoms with Crippen LogP contribution in [0.2, 0.25) is 0 Å². The van der Waals surface area contributed by atoms with E-state index >= 15 is 0 Å². The number of Topliss-reactive ketones (excluding diaryl/α,β-unsaturated/α-hetero) is 1. The van der Waals surface area contributed by atoms with E-state index in [9.17, 15) is 9.59 Å². The maximum atomic E-state index is 11.9. The molecule has 1 aliphatic heterocycles. The van der Waals surface area contributed by atoms with Crippen molar-refractivity contribution in [2.45, 2.75) is 19.9 Å². The summed E-state index contributed by atoms with van der Waals surface area (Å²) < 4.78 is 0. The summed E-state index contributed by atoms with van der Waals surface area (Å²) >= 11 is 1.12. The van der Waals surface area contributed by atoms with Gasteiger partial charge in [-0.3, -0.25) is 9.59 Å². The second-order valence-electron chi connectivity index (χ2n) is 4.65. The van der Waals surface area contributed by atoms with Crippen molar-refractivity contribution < 1.29 is 14.7 Å². The molecule has 0 amide bonds. The summed E-state index contributed by atoms with van der Waals surface area (Å²) in [5.74, 6) is -1.02. The van der Waals surface area contributed by atoms with Gasteiger partial charge in [-0.25, -0.2) is 4.99 Å². The van der Waals surface area contributed by atoms with E-state index in [4.69, 9.17) is 5.11 Å². The van der Waals surface area contributed by atoms with E-state index in [0.717, 1.165) is 23.0 Å². The van der Waals surface area contributed by atoms with Crippen LogP contribution < -0.4 is 5.32 Å². The third-order valence-electron chi connectivity index (χ3n) is 3.05. The van der Waals surface area contributed by atoms with Crippen molar-refractivity contribution in [3.8, 4) is 0 Å². The number of hydrogen-bond donors (Lipinski definition) is 2. The summed E-state index contributed by atoms with van der Waals surface area (Å²) in [5.41, 5.74) is 2.25. The molecule has 1 unspecified atom stereocenters. The van der Waals surface area contributed by atoms with Gasteiger partial charge < -0.3 is 10.4 Å². The van der Waals surface area contributed by atoms with Gasteiger partial charge in [0.05, 0.1) is 5.75 Å². The number of hydrogen-bond acceptors (Lipinski definition) is 5. The van der Waals surface area contributed by atoms with Crippen molar-refractivity contribution >= 4 is 28.7 Å². The third kappa shape index (κ3) is 3.72. The van der Waals surface area contributed by atoms with Crippen molar-refractivity contribution in [3.63, 3.8) is 0 Å². The average Bonchev–Trinajstić information content (AvgIpc) is 2.45. The molecule has 1 atom stereocenters. The molecule has 0 radical (unpaired) electrons. The van der Waals surface area contributed by atoms with Gasteiger partial charge in [-0.15, -0.1) is 0 Å². The minimum Gasteiger partial charge on any atom is -0.481 e. The van der Waals surface area contributed by atoms with E-state index in [1.165, 1.54) is 6.92 Å². The summed E-state index contributed by atoms with van der Waals surface area (Å²) in [6.07, 6.45) is 0. The summed E-state index contributed by atoms with van der Waals surface area (Å²) in [4.78, 5) is 27.1. The molecule has 6 heteroatoms. The largest absolute Gasteiger partial charge is 0.481 e. The Balaban J connectivity index is 2.35. The number of nitrogens with zero attached hydrogens (tertiary/aromatic N) is 1. The van der Waals surface area contributed by atoms with Crippen LogP contribution in [0.4, 0.5) is 0 Å². The van der Waals surface area contributed by atoms with Gasteiger partial charge in [-0.1, -0.05) is 42.1 Å². The number of aliphatic carboxylic acids is 1. The fraction of sp³-hybridized carbons (Fsp3) is 0.267. The molecular weight excluding hydrogens is 288 g/mol. The van der Waals surface area contributed by atoms with Crippen molar-refractivity contribution in [3.05, 3.63) is 47.2 Å². The Kier molecular flexibility index (Phi) is 4.80. The first-order valence-electron chi connectivity index (χ1n) is 6.45. The lowest BCUT2D eigenvalue weighted by molar-refractivity contribution is -0.133. The zero-order chi connectivity index (χ0) is 15.4. The van der Waals surface area contributed by atoms with Gasteiger partial charge >= 0.3 is 5.97 Å². The molecule has 1 aromatic rings. The molecule has 2 N–H and O–H groups in total. The highest BCUT2D eigenvalue weighted by Crippen LogP contribution is 2.32. The van der Waals surface area contributed by atoms with Gasteiger partial charge in [-0.2, -0.15) is 0 Å². The fourth-order valence-corrected chi connectivity index (χ4v) is 2.85. The molecule has 1 aromatic carbocycles. The standard InChI is InChI=1S/C15H16N2O3S/c1-9-13(10(2)18)14(11-6-4-3-5-7-11)17-15(16-9)21-8-12(19)20/h3-7,14H,8H2,1-2H3,(H,16,17)(H,19,20). The van der Waals surface area contributed by atoms with E-state index < -0.39 is 5.97 Å². The molecule has 0 aliphatic carbocycles. The monoisotopic (exact) mass is 304 g/mol. The second kappa shape index (κ2) is 6.58. The van der Waals surface area contributed by atoms with Gasteiger partial charge in [-0.05, 0) is 19.4 Å². The van der Waals surface area contributed by atoms with Gasteiger partial charge in [0.15, 0.2) is 11.0 Å². The van der Waals surface area contributed by atoms with E-state index in [1.807, 2.05) is 37.3 Å². The zero-order valence-electron chi connectivity index (χ0n) is 11.8. The molecule has 1 aliphatic rings. The Hall–Kier alpha value is -2.08. The molecule has 0 saturated carbocycles. The summed E-state index contributed by atoms with van der Waals surface area (Å²) in [6, 6.07) is 9.12. The molecule has 21 heavy (non-hydrogen) atoms. The quantitative estimate of drug-likeness (QED) is 0.893. The van der Waals surface area contributed by atoms with Crippen LogP contribution in [0.3, 0.4) is 0 Å². The van der Waals surface area contributed by atoms with Gasteiger partial charge in [0.2, 0.25) is 0 Å². The highest BCUT2D eigenvalue weighted by molar-refractivity contribution is 8.14. The van der Waals surface area contributed by atoms with E-state index in [-0.39, 0.29) is 17.6 Å². The molecule has 0 fully saturated rings. The van der Waals surface area contributed by atoms with E-state index in [1.54, 1.807) is 0 Å². The molecule has 0 aromatic heterocycles. The second-order valence-corrected chi connectivity index (χ2v) is 5.61. The van der Waals surface area contributed by atoms with Gasteiger partial charge in [0.1, 0.15) is 6.04 Å². The van der Waals surface area contributed by atoms with Crippen molar-refractivity contribution in [1.29, 1.82) is 0 Å². The van der Waals surface area contributed by atoms with Crippen LogP contribution in [0.15, 0.2) is 46.6 Å². The normalized spacial score (nSPS) is 18.0. The maximum Gasteiger partial charge on any atom is 0.313 e. The zero-order valence-corrected chi connectivity index (χ0v) is 12.6. The van der Waals surface area contributed by atoms with Crippen LogP contribution in [0.5, 0.6) is 0 Å². The number of carboxylic acids is 1. The number of rotatable bonds is 4. The number of aliphatic imine (C=N–C) groups is 1. The van der Waals surface area contributed by atoms with E-state index in [0.29, 0.717) is 10.7 Å². The lowest BCUT2D eigenvalue weighted by Crippen LogP contribution is -2.29. The van der Waals surface area contributed by atoms with Crippen LogP contribution in [0.1, 0.15) is 25.5 Å². The molecule has 1 heterocycles. The number of nitrogens with one attached hydrogen (secondary N) is 1. The first kappa shape index (κ1) is 15.3. The summed E-state index contributed by atoms with van der Waals surface area (Å²) in [7, 11) is 0. The molecule has 0 spiro atoms. The fourth-order valence-electron chi connectivity index (χ4n) is 2.18. The Labute approximate surface area is 127 Å². The minimum absolute atomic E-state index is 0.0418. The minimum atomic E-state index is -0.903. The SMILES string of the molecule is CC(=O)C1=C(C)NC(SCC(=O)O)=NC1c1ccccc1. The van der Waals surface area contributed by atoms with Crippen LogP contribution in [0.25, 0.3) is 0 Å². The van der Waals surface area contributed by atoms with E-state index in [2.05, 4.69) is 10.3 Å². The maximum absolute atomic E-state index is 11.9. The number of amidine groups is 1. The molecule has 0 bridgehead atoms. The number of carbonyl (C=O) groups excluding carboxylic acids is 1. The molecule has 0 saturated heterocycles. The number of carboxylic acid groups (broad SMARTS) is 1. The Morgan fingerprint density at radius 2 is 2.00 bits per heavy atom. The van der Waals surface area contributed by atoms with Crippen LogP contribution in [0, 0.1) is 0 Å². The Bertz CT molecular complexity index is 623. The molecular formula is C15H16N2O3S. The molecule has 5 nitrogen and oxygen atoms in total. The van der Waals surface area contributed by atoms with Crippen molar-refractivity contribution in [2.24, 2.45) is 4.99 Å². The number of benzene rings is 1. The molecule has 110 valence electrons. The van der Waals surface area contributed by atoms with Gasteiger partial charge in [0.25, 0.3) is 0 Å². The number of carbonyl (C=O) groups is 2. The molecule has 2 rings (SSSR count). The number of ketones is 1. The number of allylic oxidation sites excluding steroid dienone is 1. The van der Waals surface area contributed by atoms with Crippen LogP contribution >= 0.6 is 11.8 Å². The Morgan fingerprint density at radius 3 is 2.57 bits per heavy atom. The highest BCUT2D eigenvalue weighted by Gasteiger charge is 2.27. The summed E-state index contributed by atoms with van der Waals surface area (Å²) in [6.45, 7) is 3.32. The average molecular weight is 304 g/mol. The highest BCUT2D eigenvalue weighted by atomic mass is 32.2. The predicted octanol–water partition coefficient (Wildman–Crippen LogP) is 2.37. The topological polar surface area (TPSA) is 78.8 Å². The summed E-state index contributed by atoms with van der Waals surface area (Å²) in [5, 5.41) is 12.3. The van der Waals surface area contributed by atoms with Crippen molar-refractivity contribution in [1.82, 2.24) is 5.32 Å². The van der Waals surface area contributed by atoms with Crippen LogP contribution in [-0.2, 0) is 9.59 Å². The smallest absolute Gasteiger partial charge is 0.313 e. The third-order valence-corrected chi connectivity index (χ3v) is 3.92. The lowest BCUT2D eigenvalue weighted by atomic mass is 9.94. The van der Waals surface area contributed by atoms with Crippen LogP contribution in [-0.4, -0.2) is 27.8 Å².